The molecule has 7 heteroatoms. The van der Waals surface area contributed by atoms with Gasteiger partial charge in [-0.15, -0.1) is 11.3 Å². The molecule has 2 N–H and O–H groups in total. The molecule has 0 saturated heterocycles. The molecule has 3 aromatic rings. The first-order valence-electron chi connectivity index (χ1n) is 8.82. The molecule has 0 saturated carbocycles. The van der Waals surface area contributed by atoms with Crippen LogP contribution in [-0.2, 0) is 4.79 Å². The van der Waals surface area contributed by atoms with Crippen molar-refractivity contribution in [2.75, 3.05) is 7.05 Å². The minimum absolute atomic E-state index is 0.226. The fraction of sp³-hybridized carbons (Fsp3) is 0.190. The first kappa shape index (κ1) is 18.7. The average Bonchev–Trinajstić information content (AvgIpc) is 3.14. The van der Waals surface area contributed by atoms with Crippen molar-refractivity contribution in [3.63, 3.8) is 0 Å². The van der Waals surface area contributed by atoms with E-state index in [-0.39, 0.29) is 17.7 Å². The number of rotatable bonds is 3. The molecule has 142 valence electrons. The number of halogens is 1. The molecular weight excluding hydrogens is 394 g/mol. The number of hydrogen-bond donors (Lipinski definition) is 2. The number of nitrogens with one attached hydrogen (secondary N) is 2. The lowest BCUT2D eigenvalue weighted by Gasteiger charge is -2.31. The third-order valence-electron chi connectivity index (χ3n) is 4.86. The monoisotopic (exact) mass is 411 g/mol. The highest BCUT2D eigenvalue weighted by molar-refractivity contribution is 7.17. The Hall–Kier alpha value is -2.70. The molecule has 3 heterocycles. The van der Waals surface area contributed by atoms with Crippen LogP contribution in [0, 0.1) is 6.92 Å². The van der Waals surface area contributed by atoms with E-state index in [0.717, 1.165) is 27.3 Å². The highest BCUT2D eigenvalue weighted by Crippen LogP contribution is 2.42. The summed E-state index contributed by atoms with van der Waals surface area (Å²) in [4.78, 5) is 31.1. The Balaban J connectivity index is 1.87. The lowest BCUT2D eigenvalue weighted by molar-refractivity contribution is -0.122. The summed E-state index contributed by atoms with van der Waals surface area (Å²) >= 11 is 7.48. The molecule has 2 aromatic heterocycles. The highest BCUT2D eigenvalue weighted by Gasteiger charge is 2.40. The van der Waals surface area contributed by atoms with Crippen molar-refractivity contribution in [3.8, 4) is 10.4 Å². The quantitative estimate of drug-likeness (QED) is 0.689. The van der Waals surface area contributed by atoms with Crippen molar-refractivity contribution in [2.45, 2.75) is 18.9 Å². The van der Waals surface area contributed by atoms with Gasteiger partial charge in [-0.3, -0.25) is 14.6 Å². The molecule has 0 radical (unpaired) electrons. The zero-order valence-electron chi connectivity index (χ0n) is 15.3. The minimum atomic E-state index is -0.687. The van der Waals surface area contributed by atoms with Crippen molar-refractivity contribution in [1.29, 1.82) is 0 Å². The highest BCUT2D eigenvalue weighted by atomic mass is 35.5. The van der Waals surface area contributed by atoms with E-state index in [1.165, 1.54) is 11.3 Å². The number of hydrogen-bond acceptors (Lipinski definition) is 4. The first-order chi connectivity index (χ1) is 13.5. The number of benzene rings is 1. The Morgan fingerprint density at radius 1 is 1.21 bits per heavy atom. The molecule has 1 aliphatic heterocycles. The summed E-state index contributed by atoms with van der Waals surface area (Å²) < 4.78 is 0. The first-order valence-corrected chi connectivity index (χ1v) is 10.0. The van der Waals surface area contributed by atoms with Gasteiger partial charge in [0.2, 0.25) is 5.91 Å². The molecule has 0 spiro atoms. The van der Waals surface area contributed by atoms with E-state index in [2.05, 4.69) is 15.6 Å². The fourth-order valence-electron chi connectivity index (χ4n) is 3.54. The number of aryl methyl sites for hydroxylation is 1. The van der Waals surface area contributed by atoms with Gasteiger partial charge in [0.25, 0.3) is 5.91 Å². The molecule has 0 bridgehead atoms. The minimum Gasteiger partial charge on any atom is -0.357 e. The molecule has 5 nitrogen and oxygen atoms in total. The maximum absolute atomic E-state index is 12.7. The zero-order valence-corrected chi connectivity index (χ0v) is 16.9. The number of carbonyl (C=O) groups is 2. The lowest BCUT2D eigenvalue weighted by atomic mass is 9.82. The average molecular weight is 412 g/mol. The molecule has 1 aliphatic rings. The fourth-order valence-corrected chi connectivity index (χ4v) is 4.77. The van der Waals surface area contributed by atoms with Gasteiger partial charge in [-0.1, -0.05) is 23.7 Å². The Bertz CT molecular complexity index is 1060. The molecule has 28 heavy (non-hydrogen) atoms. The van der Waals surface area contributed by atoms with Crippen LogP contribution in [0.2, 0.25) is 5.02 Å². The number of aromatic nitrogens is 1. The van der Waals surface area contributed by atoms with Crippen molar-refractivity contribution >= 4 is 34.8 Å². The lowest BCUT2D eigenvalue weighted by Crippen LogP contribution is -2.52. The summed E-state index contributed by atoms with van der Waals surface area (Å²) in [5.74, 6) is -0.750. The number of pyridine rings is 1. The summed E-state index contributed by atoms with van der Waals surface area (Å²) in [6.07, 6.45) is 1.76. The van der Waals surface area contributed by atoms with Gasteiger partial charge in [0.1, 0.15) is 6.04 Å². The third kappa shape index (κ3) is 3.30. The van der Waals surface area contributed by atoms with E-state index >= 15 is 0 Å². The van der Waals surface area contributed by atoms with E-state index in [4.69, 9.17) is 11.6 Å². The molecule has 1 aromatic carbocycles. The van der Waals surface area contributed by atoms with E-state index in [0.29, 0.717) is 9.90 Å². The predicted octanol–water partition coefficient (Wildman–Crippen LogP) is 3.76. The third-order valence-corrected chi connectivity index (χ3v) is 6.31. The van der Waals surface area contributed by atoms with Crippen molar-refractivity contribution < 1.29 is 9.59 Å². The van der Waals surface area contributed by atoms with Gasteiger partial charge in [0, 0.05) is 34.8 Å². The zero-order chi connectivity index (χ0) is 19.8. The van der Waals surface area contributed by atoms with Gasteiger partial charge in [0.05, 0.1) is 4.88 Å². The second kappa shape index (κ2) is 7.37. The van der Waals surface area contributed by atoms with Crippen LogP contribution in [0.3, 0.4) is 0 Å². The van der Waals surface area contributed by atoms with Gasteiger partial charge in [-0.25, -0.2) is 0 Å². The maximum atomic E-state index is 12.7. The maximum Gasteiger partial charge on any atom is 0.262 e. The number of likely N-dealkylation sites (N-methyl/N-ethyl adjacent to an activating group) is 1. The molecule has 0 aliphatic carbocycles. The van der Waals surface area contributed by atoms with Crippen LogP contribution in [0.5, 0.6) is 0 Å². The molecule has 0 unspecified atom stereocenters. The van der Waals surface area contributed by atoms with Crippen molar-refractivity contribution in [1.82, 2.24) is 15.6 Å². The summed E-state index contributed by atoms with van der Waals surface area (Å²) in [5, 5.41) is 6.16. The normalized spacial score (nSPS) is 18.3. The van der Waals surface area contributed by atoms with E-state index in [9.17, 15) is 9.59 Å². The summed E-state index contributed by atoms with van der Waals surface area (Å²) in [6.45, 7) is 1.93. The summed E-state index contributed by atoms with van der Waals surface area (Å²) in [5.41, 5.74) is 3.69. The number of amides is 2. The van der Waals surface area contributed by atoms with Crippen LogP contribution in [0.25, 0.3) is 10.4 Å². The van der Waals surface area contributed by atoms with Crippen LogP contribution < -0.4 is 10.6 Å². The Morgan fingerprint density at radius 3 is 2.64 bits per heavy atom. The SMILES string of the molecule is CNC(=O)[C@@H]1NC(=O)c2sc(-c3ccnc(C)c3)cc2[C@H]1c1ccc(Cl)cc1. The van der Waals surface area contributed by atoms with Gasteiger partial charge in [-0.05, 0) is 53.9 Å². The van der Waals surface area contributed by atoms with Gasteiger partial charge < -0.3 is 10.6 Å². The standard InChI is InChI=1S/C21H18ClN3O2S/c1-11-9-13(7-8-24-11)16-10-15-17(12-3-5-14(22)6-4-12)18(20(26)23-2)25-21(27)19(15)28-16/h3-10,17-18H,1-2H3,(H,23,26)(H,25,27)/t17-,18-/m1/s1. The van der Waals surface area contributed by atoms with E-state index < -0.39 is 6.04 Å². The predicted molar refractivity (Wildman–Crippen MR) is 111 cm³/mol. The topological polar surface area (TPSA) is 71.1 Å². The van der Waals surface area contributed by atoms with Gasteiger partial charge >= 0.3 is 0 Å². The molecule has 2 amide bonds. The molecule has 4 rings (SSSR count). The number of thiophene rings is 1. The van der Waals surface area contributed by atoms with Crippen LogP contribution in [-0.4, -0.2) is 29.9 Å². The molecule has 2 atom stereocenters. The number of fused-ring (bicyclic) bond motifs is 1. The second-order valence-electron chi connectivity index (χ2n) is 6.68. The molecule has 0 fully saturated rings. The Morgan fingerprint density at radius 2 is 1.96 bits per heavy atom. The Kier molecular flexibility index (Phi) is 4.91. The van der Waals surface area contributed by atoms with Crippen LogP contribution in [0.1, 0.15) is 32.4 Å². The second-order valence-corrected chi connectivity index (χ2v) is 8.16. The summed E-state index contributed by atoms with van der Waals surface area (Å²) in [7, 11) is 1.57. The van der Waals surface area contributed by atoms with Crippen molar-refractivity contribution in [3.05, 3.63) is 75.4 Å². The largest absolute Gasteiger partial charge is 0.357 e. The van der Waals surface area contributed by atoms with Gasteiger partial charge in [-0.2, -0.15) is 0 Å². The number of nitrogens with zero attached hydrogens (tertiary/aromatic N) is 1. The van der Waals surface area contributed by atoms with E-state index in [1.54, 1.807) is 25.4 Å². The summed E-state index contributed by atoms with van der Waals surface area (Å²) in [6, 6.07) is 12.6. The smallest absolute Gasteiger partial charge is 0.262 e. The van der Waals surface area contributed by atoms with E-state index in [1.807, 2.05) is 37.3 Å². The Labute approximate surface area is 171 Å². The van der Waals surface area contributed by atoms with Crippen LogP contribution in [0.15, 0.2) is 48.7 Å². The molecular formula is C21H18ClN3O2S. The van der Waals surface area contributed by atoms with Gasteiger partial charge in [0.15, 0.2) is 0 Å². The number of carbonyl (C=O) groups excluding carboxylic acids is 2. The van der Waals surface area contributed by atoms with Crippen LogP contribution in [0.4, 0.5) is 0 Å². The van der Waals surface area contributed by atoms with Crippen molar-refractivity contribution in [2.24, 2.45) is 0 Å². The van der Waals surface area contributed by atoms with Crippen LogP contribution >= 0.6 is 22.9 Å².